The number of aldehydes is 1. The topological polar surface area (TPSA) is 44.8 Å². The van der Waals surface area contributed by atoms with E-state index in [1.54, 1.807) is 7.11 Å². The molecule has 1 aromatic carbocycles. The summed E-state index contributed by atoms with van der Waals surface area (Å²) >= 11 is 0. The minimum Gasteiger partial charge on any atom is -0.497 e. The van der Waals surface area contributed by atoms with Crippen LogP contribution in [0.4, 0.5) is 0 Å². The molecule has 0 fully saturated rings. The fraction of sp³-hybridized carbons (Fsp3) is 0.682. The summed E-state index contributed by atoms with van der Waals surface area (Å²) in [7, 11) is -0.232. The highest BCUT2D eigenvalue weighted by atomic mass is 28.4. The maximum Gasteiger partial charge on any atom is 0.192 e. The summed E-state index contributed by atoms with van der Waals surface area (Å²) in [6.45, 7) is 16.0. The third-order valence-corrected chi connectivity index (χ3v) is 10.2. The number of benzene rings is 1. The van der Waals surface area contributed by atoms with Gasteiger partial charge in [-0.15, -0.1) is 0 Å². The molecule has 154 valence electrons. The second-order valence-corrected chi connectivity index (χ2v) is 13.7. The van der Waals surface area contributed by atoms with Crippen LogP contribution in [0.25, 0.3) is 0 Å². The Labute approximate surface area is 166 Å². The van der Waals surface area contributed by atoms with Gasteiger partial charge in [0.05, 0.1) is 25.9 Å². The molecule has 0 N–H and O–H groups in total. The van der Waals surface area contributed by atoms with E-state index in [4.69, 9.17) is 13.9 Å². The zero-order chi connectivity index (χ0) is 20.7. The predicted octanol–water partition coefficient (Wildman–Crippen LogP) is 5.61. The first-order chi connectivity index (χ1) is 12.5. The van der Waals surface area contributed by atoms with E-state index in [0.29, 0.717) is 13.0 Å². The van der Waals surface area contributed by atoms with Crippen molar-refractivity contribution in [1.29, 1.82) is 0 Å². The zero-order valence-corrected chi connectivity index (χ0v) is 19.4. The van der Waals surface area contributed by atoms with Crippen molar-refractivity contribution >= 4 is 14.6 Å². The van der Waals surface area contributed by atoms with Crippen LogP contribution in [0.2, 0.25) is 18.1 Å². The Hall–Kier alpha value is -1.17. The van der Waals surface area contributed by atoms with Crippen molar-refractivity contribution < 1.29 is 18.7 Å². The Balaban J connectivity index is 2.86. The molecular formula is C22H38O4Si. The molecule has 1 rings (SSSR count). The molecule has 0 saturated carbocycles. The van der Waals surface area contributed by atoms with E-state index in [-0.39, 0.29) is 23.2 Å². The Bertz CT molecular complexity index is 563. The van der Waals surface area contributed by atoms with Gasteiger partial charge in [0.25, 0.3) is 0 Å². The van der Waals surface area contributed by atoms with Gasteiger partial charge in [-0.3, -0.25) is 0 Å². The van der Waals surface area contributed by atoms with Crippen LogP contribution in [0.15, 0.2) is 24.3 Å². The molecule has 1 aromatic rings. The number of hydrogen-bond donors (Lipinski definition) is 0. The molecule has 4 nitrogen and oxygen atoms in total. The smallest absolute Gasteiger partial charge is 0.192 e. The van der Waals surface area contributed by atoms with Crippen LogP contribution >= 0.6 is 0 Å². The molecule has 5 heteroatoms. The van der Waals surface area contributed by atoms with E-state index in [0.717, 1.165) is 24.0 Å². The Morgan fingerprint density at radius 2 is 1.70 bits per heavy atom. The molecule has 0 radical (unpaired) electrons. The Morgan fingerprint density at radius 3 is 2.19 bits per heavy atom. The van der Waals surface area contributed by atoms with Crippen molar-refractivity contribution in [3.05, 3.63) is 29.8 Å². The number of carbonyl (C=O) groups is 1. The van der Waals surface area contributed by atoms with Crippen LogP contribution in [-0.2, 0) is 20.6 Å². The van der Waals surface area contributed by atoms with Crippen molar-refractivity contribution in [3.63, 3.8) is 0 Å². The molecule has 0 bridgehead atoms. The highest BCUT2D eigenvalue weighted by Crippen LogP contribution is 2.38. The summed E-state index contributed by atoms with van der Waals surface area (Å²) in [5.74, 6) is 1.08. The molecule has 0 heterocycles. The van der Waals surface area contributed by atoms with Gasteiger partial charge in [-0.2, -0.15) is 0 Å². The van der Waals surface area contributed by atoms with E-state index in [1.807, 2.05) is 24.3 Å². The third-order valence-electron chi connectivity index (χ3n) is 5.65. The molecular weight excluding hydrogens is 356 g/mol. The van der Waals surface area contributed by atoms with Gasteiger partial charge in [-0.05, 0) is 55.1 Å². The summed E-state index contributed by atoms with van der Waals surface area (Å²) in [6, 6.07) is 7.93. The fourth-order valence-electron chi connectivity index (χ4n) is 2.88. The summed E-state index contributed by atoms with van der Waals surface area (Å²) < 4.78 is 18.1. The number of carbonyl (C=O) groups excluding carboxylic acids is 1. The number of hydrogen-bond acceptors (Lipinski definition) is 4. The first-order valence-corrected chi connectivity index (χ1v) is 12.8. The lowest BCUT2D eigenvalue weighted by Gasteiger charge is -2.41. The summed E-state index contributed by atoms with van der Waals surface area (Å²) in [6.07, 6.45) is 2.27. The standard InChI is InChI=1S/C22H38O4Si/c1-17(10-9-15-23)21(18(2)26-27(7,8)22(3,4)5)25-16-19-11-13-20(24-6)14-12-19/h11-15,17-18,21H,9-10,16H2,1-8H3/t17-,18-,21-/m0/s1. The minimum absolute atomic E-state index is 0.0224. The van der Waals surface area contributed by atoms with Crippen molar-refractivity contribution in [2.45, 2.75) is 84.4 Å². The average Bonchev–Trinajstić information content (AvgIpc) is 2.59. The number of methoxy groups -OCH3 is 1. The molecule has 0 aromatic heterocycles. The first kappa shape index (κ1) is 23.9. The van der Waals surface area contributed by atoms with Crippen molar-refractivity contribution in [2.75, 3.05) is 7.11 Å². The average molecular weight is 395 g/mol. The van der Waals surface area contributed by atoms with Gasteiger partial charge in [0.1, 0.15) is 12.0 Å². The van der Waals surface area contributed by atoms with Gasteiger partial charge in [0.15, 0.2) is 8.32 Å². The van der Waals surface area contributed by atoms with Crippen LogP contribution in [0, 0.1) is 5.92 Å². The largest absolute Gasteiger partial charge is 0.497 e. The van der Waals surface area contributed by atoms with E-state index in [9.17, 15) is 4.79 Å². The maximum absolute atomic E-state index is 10.8. The molecule has 0 aliphatic rings. The SMILES string of the molecule is COc1ccc(CO[C@H]([C@H](C)O[Si](C)(C)C(C)(C)C)[C@@H](C)CCC=O)cc1. The maximum atomic E-state index is 10.8. The van der Waals surface area contributed by atoms with Crippen LogP contribution in [0.3, 0.4) is 0 Å². The zero-order valence-electron chi connectivity index (χ0n) is 18.4. The van der Waals surface area contributed by atoms with Crippen LogP contribution in [0.1, 0.15) is 53.0 Å². The van der Waals surface area contributed by atoms with Crippen LogP contribution in [-0.4, -0.2) is 33.9 Å². The van der Waals surface area contributed by atoms with Crippen molar-refractivity contribution in [1.82, 2.24) is 0 Å². The van der Waals surface area contributed by atoms with Crippen molar-refractivity contribution in [3.8, 4) is 5.75 Å². The monoisotopic (exact) mass is 394 g/mol. The fourth-order valence-corrected chi connectivity index (χ4v) is 4.30. The molecule has 3 atom stereocenters. The molecule has 0 amide bonds. The Kier molecular flexibility index (Phi) is 9.19. The second kappa shape index (κ2) is 10.4. The van der Waals surface area contributed by atoms with Gasteiger partial charge in [-0.25, -0.2) is 0 Å². The molecule has 0 spiro atoms. The van der Waals surface area contributed by atoms with Crippen molar-refractivity contribution in [2.24, 2.45) is 5.92 Å². The van der Waals surface area contributed by atoms with Crippen LogP contribution < -0.4 is 4.74 Å². The van der Waals surface area contributed by atoms with E-state index in [1.165, 1.54) is 0 Å². The van der Waals surface area contributed by atoms with Crippen LogP contribution in [0.5, 0.6) is 5.75 Å². The molecule has 0 aliphatic carbocycles. The lowest BCUT2D eigenvalue weighted by molar-refractivity contribution is -0.108. The highest BCUT2D eigenvalue weighted by molar-refractivity contribution is 6.74. The van der Waals surface area contributed by atoms with E-state index < -0.39 is 8.32 Å². The minimum atomic E-state index is -1.89. The van der Waals surface area contributed by atoms with Gasteiger partial charge >= 0.3 is 0 Å². The molecule has 0 saturated heterocycles. The number of rotatable bonds is 11. The first-order valence-electron chi connectivity index (χ1n) is 9.88. The summed E-state index contributed by atoms with van der Waals surface area (Å²) in [5, 5.41) is 0.147. The van der Waals surface area contributed by atoms with E-state index >= 15 is 0 Å². The highest BCUT2D eigenvalue weighted by Gasteiger charge is 2.40. The van der Waals surface area contributed by atoms with Gasteiger partial charge in [0, 0.05) is 6.42 Å². The second-order valence-electron chi connectivity index (χ2n) is 8.93. The summed E-state index contributed by atoms with van der Waals surface area (Å²) in [4.78, 5) is 10.8. The van der Waals surface area contributed by atoms with Gasteiger partial charge < -0.3 is 18.7 Å². The lowest BCUT2D eigenvalue weighted by Crippen LogP contribution is -2.48. The quantitative estimate of drug-likeness (QED) is 0.362. The normalized spacial score (nSPS) is 15.9. The molecule has 0 aliphatic heterocycles. The summed E-state index contributed by atoms with van der Waals surface area (Å²) in [5.41, 5.74) is 1.10. The van der Waals surface area contributed by atoms with E-state index in [2.05, 4.69) is 47.7 Å². The van der Waals surface area contributed by atoms with Gasteiger partial charge in [0.2, 0.25) is 0 Å². The van der Waals surface area contributed by atoms with Gasteiger partial charge in [-0.1, -0.05) is 39.8 Å². The molecule has 0 unspecified atom stereocenters. The molecule has 27 heavy (non-hydrogen) atoms. The number of ether oxygens (including phenoxy) is 2. The Morgan fingerprint density at radius 1 is 1.11 bits per heavy atom. The third kappa shape index (κ3) is 7.39. The lowest BCUT2D eigenvalue weighted by atomic mass is 9.95. The predicted molar refractivity (Wildman–Crippen MR) is 114 cm³/mol.